The minimum absolute atomic E-state index is 0.643. The van der Waals surface area contributed by atoms with E-state index in [0.29, 0.717) is 6.42 Å². The van der Waals surface area contributed by atoms with Crippen LogP contribution in [-0.4, -0.2) is 12.1 Å². The molecule has 1 saturated heterocycles. The van der Waals surface area contributed by atoms with E-state index >= 15 is 0 Å². The number of hydrogen-bond donors (Lipinski definition) is 0. The molecule has 1 aromatic rings. The predicted octanol–water partition coefficient (Wildman–Crippen LogP) is 3.52. The highest BCUT2D eigenvalue weighted by Crippen LogP contribution is 2.40. The molecule has 1 fully saturated rings. The van der Waals surface area contributed by atoms with Gasteiger partial charge in [0.15, 0.2) is 0 Å². The summed E-state index contributed by atoms with van der Waals surface area (Å²) in [4.78, 5) is 0. The molecule has 5 heteroatoms. The predicted molar refractivity (Wildman–Crippen MR) is 67.2 cm³/mol. The summed E-state index contributed by atoms with van der Waals surface area (Å²) >= 11 is 18.5. The SMILES string of the molecule is ClC1(Cl)CCC[Si](Cl)(c2ccccc2)O1. The molecule has 0 spiro atoms. The summed E-state index contributed by atoms with van der Waals surface area (Å²) in [6.07, 6.45) is 1.56. The van der Waals surface area contributed by atoms with Gasteiger partial charge in [0.05, 0.1) is 0 Å². The first-order chi connectivity index (χ1) is 7.02. The molecule has 1 nitrogen and oxygen atoms in total. The van der Waals surface area contributed by atoms with Gasteiger partial charge in [-0.05, 0) is 17.7 Å². The Morgan fingerprint density at radius 2 is 1.87 bits per heavy atom. The molecule has 0 amide bonds. The van der Waals surface area contributed by atoms with E-state index in [2.05, 4.69) is 0 Å². The van der Waals surface area contributed by atoms with E-state index in [9.17, 15) is 0 Å². The lowest BCUT2D eigenvalue weighted by Crippen LogP contribution is -2.52. The van der Waals surface area contributed by atoms with E-state index in [1.54, 1.807) is 0 Å². The lowest BCUT2D eigenvalue weighted by atomic mass is 10.3. The Kier molecular flexibility index (Phi) is 3.34. The van der Waals surface area contributed by atoms with E-state index in [-0.39, 0.29) is 0 Å². The zero-order chi connectivity index (χ0) is 10.9. The Labute approximate surface area is 105 Å². The van der Waals surface area contributed by atoms with Crippen LogP contribution in [0.3, 0.4) is 0 Å². The van der Waals surface area contributed by atoms with Crippen LogP contribution < -0.4 is 5.19 Å². The smallest absolute Gasteiger partial charge is 0.324 e. The minimum Gasteiger partial charge on any atom is -0.368 e. The summed E-state index contributed by atoms with van der Waals surface area (Å²) < 4.78 is 4.57. The second-order valence-corrected chi connectivity index (χ2v) is 9.67. The van der Waals surface area contributed by atoms with Crippen molar-refractivity contribution in [1.82, 2.24) is 0 Å². The highest BCUT2D eigenvalue weighted by Gasteiger charge is 2.46. The van der Waals surface area contributed by atoms with Gasteiger partial charge < -0.3 is 4.43 Å². The first kappa shape index (κ1) is 11.7. The molecule has 0 bridgehead atoms. The fourth-order valence-corrected chi connectivity index (χ4v) is 6.62. The molecule has 15 heavy (non-hydrogen) atoms. The number of rotatable bonds is 1. The molecule has 1 aliphatic rings. The van der Waals surface area contributed by atoms with Crippen LogP contribution in [0.25, 0.3) is 0 Å². The number of benzene rings is 1. The van der Waals surface area contributed by atoms with Gasteiger partial charge in [-0.15, -0.1) is 11.1 Å². The minimum atomic E-state index is -2.44. The molecule has 1 aliphatic heterocycles. The summed E-state index contributed by atoms with van der Waals surface area (Å²) in [5, 5.41) is 1.04. The quantitative estimate of drug-likeness (QED) is 0.435. The number of alkyl halides is 2. The summed E-state index contributed by atoms with van der Waals surface area (Å²) in [7, 11) is -2.44. The van der Waals surface area contributed by atoms with Gasteiger partial charge in [0.2, 0.25) is 4.52 Å². The van der Waals surface area contributed by atoms with Crippen molar-refractivity contribution < 1.29 is 4.43 Å². The van der Waals surface area contributed by atoms with Crippen molar-refractivity contribution in [3.8, 4) is 0 Å². The third-order valence-electron chi connectivity index (χ3n) is 2.48. The molecule has 1 unspecified atom stereocenters. The van der Waals surface area contributed by atoms with Crippen molar-refractivity contribution in [1.29, 1.82) is 0 Å². The van der Waals surface area contributed by atoms with E-state index in [1.165, 1.54) is 0 Å². The first-order valence-corrected chi connectivity index (χ1v) is 8.73. The molecule has 82 valence electrons. The summed E-state index contributed by atoms with van der Waals surface area (Å²) in [6, 6.07) is 10.7. The fourth-order valence-electron chi connectivity index (χ4n) is 1.75. The summed E-state index contributed by atoms with van der Waals surface area (Å²) in [6.45, 7) is 0. The van der Waals surface area contributed by atoms with Crippen LogP contribution in [0.15, 0.2) is 30.3 Å². The molecule has 1 heterocycles. The third kappa shape index (κ3) is 2.69. The standard InChI is InChI=1S/C10H11Cl3OSi/c11-10(12)7-4-8-15(13,14-10)9-5-2-1-3-6-9/h1-3,5-6H,4,7-8H2. The molecule has 0 aromatic heterocycles. The second kappa shape index (κ2) is 4.26. The van der Waals surface area contributed by atoms with Gasteiger partial charge in [0.1, 0.15) is 0 Å². The van der Waals surface area contributed by atoms with Crippen LogP contribution in [0.2, 0.25) is 6.04 Å². The highest BCUT2D eigenvalue weighted by atomic mass is 35.6. The van der Waals surface area contributed by atoms with Crippen molar-refractivity contribution in [2.45, 2.75) is 23.4 Å². The van der Waals surface area contributed by atoms with Gasteiger partial charge in [-0.25, -0.2) is 0 Å². The Bertz CT molecular complexity index is 344. The zero-order valence-electron chi connectivity index (χ0n) is 8.05. The van der Waals surface area contributed by atoms with Crippen LogP contribution in [0.4, 0.5) is 0 Å². The molecule has 0 aliphatic carbocycles. The molecular formula is C10H11Cl3OSi. The summed E-state index contributed by atoms with van der Waals surface area (Å²) in [5.74, 6) is 0. The van der Waals surface area contributed by atoms with Crippen LogP contribution in [0.5, 0.6) is 0 Å². The van der Waals surface area contributed by atoms with Gasteiger partial charge in [-0.2, -0.15) is 0 Å². The Hall–Kier alpha value is 0.267. The van der Waals surface area contributed by atoms with Crippen molar-refractivity contribution in [2.24, 2.45) is 0 Å². The first-order valence-electron chi connectivity index (χ1n) is 4.84. The topological polar surface area (TPSA) is 9.23 Å². The lowest BCUT2D eigenvalue weighted by molar-refractivity contribution is 0.208. The molecule has 0 radical (unpaired) electrons. The molecular weight excluding hydrogens is 271 g/mol. The molecule has 0 N–H and O–H groups in total. The lowest BCUT2D eigenvalue weighted by Gasteiger charge is -2.36. The largest absolute Gasteiger partial charge is 0.368 e. The molecule has 1 aromatic carbocycles. The van der Waals surface area contributed by atoms with E-state index in [1.807, 2.05) is 30.3 Å². The summed E-state index contributed by atoms with van der Waals surface area (Å²) in [5.41, 5.74) is 0. The normalized spacial score (nSPS) is 30.1. The van der Waals surface area contributed by atoms with Crippen molar-refractivity contribution >= 4 is 47.1 Å². The van der Waals surface area contributed by atoms with E-state index in [4.69, 9.17) is 38.7 Å². The van der Waals surface area contributed by atoms with Crippen molar-refractivity contribution in [2.75, 3.05) is 0 Å². The third-order valence-corrected chi connectivity index (χ3v) is 7.59. The van der Waals surface area contributed by atoms with Gasteiger partial charge in [-0.1, -0.05) is 53.5 Å². The van der Waals surface area contributed by atoms with Gasteiger partial charge in [0.25, 0.3) is 0 Å². The molecule has 1 atom stereocenters. The highest BCUT2D eigenvalue weighted by molar-refractivity contribution is 7.24. The zero-order valence-corrected chi connectivity index (χ0v) is 11.3. The number of halogens is 3. The van der Waals surface area contributed by atoms with Crippen LogP contribution in [0, 0.1) is 0 Å². The average molecular weight is 282 g/mol. The second-order valence-electron chi connectivity index (χ2n) is 3.69. The van der Waals surface area contributed by atoms with Crippen molar-refractivity contribution in [3.63, 3.8) is 0 Å². The van der Waals surface area contributed by atoms with Gasteiger partial charge >= 0.3 is 7.63 Å². The van der Waals surface area contributed by atoms with Gasteiger partial charge in [0, 0.05) is 6.42 Å². The van der Waals surface area contributed by atoms with Crippen LogP contribution in [0.1, 0.15) is 12.8 Å². The fraction of sp³-hybridized carbons (Fsp3) is 0.400. The Morgan fingerprint density at radius 3 is 2.47 bits per heavy atom. The maximum absolute atomic E-state index is 6.53. The van der Waals surface area contributed by atoms with Crippen LogP contribution in [-0.2, 0) is 4.43 Å². The maximum Gasteiger partial charge on any atom is 0.324 e. The number of hydrogen-bond acceptors (Lipinski definition) is 1. The molecule has 0 saturated carbocycles. The monoisotopic (exact) mass is 280 g/mol. The van der Waals surface area contributed by atoms with Gasteiger partial charge in [-0.3, -0.25) is 0 Å². The van der Waals surface area contributed by atoms with E-state index < -0.39 is 12.1 Å². The average Bonchev–Trinajstić information content (AvgIpc) is 2.17. The molecule has 2 rings (SSSR count). The van der Waals surface area contributed by atoms with Crippen LogP contribution >= 0.6 is 34.3 Å². The maximum atomic E-state index is 6.53. The Balaban J connectivity index is 2.27. The van der Waals surface area contributed by atoms with E-state index in [0.717, 1.165) is 17.7 Å². The van der Waals surface area contributed by atoms with Crippen molar-refractivity contribution in [3.05, 3.63) is 30.3 Å². The Morgan fingerprint density at radius 1 is 1.20 bits per heavy atom.